The number of aromatic nitrogens is 3. The number of nitrogens with one attached hydrogen (secondary N) is 1. The summed E-state index contributed by atoms with van der Waals surface area (Å²) in [7, 11) is 1.25. The Kier molecular flexibility index (Phi) is 5.41. The molecule has 0 aliphatic rings. The molecule has 0 fully saturated rings. The molecule has 1 aromatic carbocycles. The zero-order chi connectivity index (χ0) is 20.4. The average molecular weight is 402 g/mol. The van der Waals surface area contributed by atoms with Gasteiger partial charge in [0.15, 0.2) is 5.52 Å². The maximum Gasteiger partial charge on any atom is 0.339 e. The van der Waals surface area contributed by atoms with Crippen molar-refractivity contribution in [1.29, 1.82) is 0 Å². The van der Waals surface area contributed by atoms with Crippen molar-refractivity contribution in [2.45, 2.75) is 26.4 Å². The predicted octanol–water partition coefficient (Wildman–Crippen LogP) is 1.63. The summed E-state index contributed by atoms with van der Waals surface area (Å²) in [6.45, 7) is 3.08. The number of methoxy groups -OCH3 is 1. The number of rotatable bonds is 5. The predicted molar refractivity (Wildman–Crippen MR) is 105 cm³/mol. The molecule has 3 rings (SSSR count). The molecule has 146 valence electrons. The van der Waals surface area contributed by atoms with Gasteiger partial charge in [-0.3, -0.25) is 18.7 Å². The molecule has 0 saturated heterocycles. The Balaban J connectivity index is 2.00. The molecule has 10 heteroatoms. The van der Waals surface area contributed by atoms with E-state index in [2.05, 4.69) is 9.69 Å². The second kappa shape index (κ2) is 7.77. The standard InChI is InChI=1S/C18H18N4O5S/c1-10(2)22-16(24)15-13(9-28-20-15)21(18(22)26)8-14(23)19-12-7-5-4-6-11(12)17(25)27-3/h4-7,9-10H,8H2,1-3H3,(H,19,23). The molecule has 0 unspecified atom stereocenters. The fraction of sp³-hybridized carbons (Fsp3) is 0.278. The van der Waals surface area contributed by atoms with Crippen LogP contribution >= 0.6 is 11.5 Å². The van der Waals surface area contributed by atoms with Crippen molar-refractivity contribution in [2.24, 2.45) is 0 Å². The Hall–Kier alpha value is -3.27. The number of nitrogens with zero attached hydrogens (tertiary/aromatic N) is 3. The molecule has 0 aliphatic carbocycles. The molecule has 3 aromatic rings. The van der Waals surface area contributed by atoms with Gasteiger partial charge in [-0.25, -0.2) is 9.59 Å². The van der Waals surface area contributed by atoms with Crippen molar-refractivity contribution < 1.29 is 14.3 Å². The van der Waals surface area contributed by atoms with E-state index in [1.165, 1.54) is 17.7 Å². The van der Waals surface area contributed by atoms with Gasteiger partial charge < -0.3 is 10.1 Å². The summed E-state index contributed by atoms with van der Waals surface area (Å²) in [6.07, 6.45) is 0. The molecule has 2 heterocycles. The first-order valence-electron chi connectivity index (χ1n) is 8.41. The van der Waals surface area contributed by atoms with Gasteiger partial charge in [-0.05, 0) is 37.5 Å². The van der Waals surface area contributed by atoms with Crippen LogP contribution in [0, 0.1) is 0 Å². The number of hydrogen-bond donors (Lipinski definition) is 1. The molecule has 0 radical (unpaired) electrons. The third kappa shape index (κ3) is 3.46. The van der Waals surface area contributed by atoms with Gasteiger partial charge in [0.2, 0.25) is 5.91 Å². The SMILES string of the molecule is COC(=O)c1ccccc1NC(=O)Cn1c(=O)n(C(C)C)c(=O)c2nscc21. The lowest BCUT2D eigenvalue weighted by Crippen LogP contribution is -2.42. The van der Waals surface area contributed by atoms with Crippen molar-refractivity contribution >= 4 is 40.1 Å². The normalized spacial score (nSPS) is 11.0. The van der Waals surface area contributed by atoms with Gasteiger partial charge in [0.05, 0.1) is 23.9 Å². The maximum absolute atomic E-state index is 12.8. The van der Waals surface area contributed by atoms with Crippen molar-refractivity contribution in [3.8, 4) is 0 Å². The topological polar surface area (TPSA) is 112 Å². The highest BCUT2D eigenvalue weighted by atomic mass is 32.1. The van der Waals surface area contributed by atoms with Gasteiger partial charge in [0.25, 0.3) is 5.56 Å². The van der Waals surface area contributed by atoms with Crippen LogP contribution in [-0.2, 0) is 16.1 Å². The van der Waals surface area contributed by atoms with E-state index in [4.69, 9.17) is 4.74 Å². The van der Waals surface area contributed by atoms with E-state index in [1.807, 2.05) is 0 Å². The first-order chi connectivity index (χ1) is 13.3. The van der Waals surface area contributed by atoms with Crippen LogP contribution < -0.4 is 16.6 Å². The van der Waals surface area contributed by atoms with Crippen molar-refractivity contribution in [3.05, 3.63) is 56.0 Å². The van der Waals surface area contributed by atoms with Crippen LogP contribution in [-0.4, -0.2) is 32.5 Å². The molecule has 0 saturated carbocycles. The largest absolute Gasteiger partial charge is 0.465 e. The monoisotopic (exact) mass is 402 g/mol. The van der Waals surface area contributed by atoms with E-state index in [0.717, 1.165) is 16.1 Å². The van der Waals surface area contributed by atoms with Gasteiger partial charge >= 0.3 is 11.7 Å². The molecule has 1 N–H and O–H groups in total. The van der Waals surface area contributed by atoms with Crippen molar-refractivity contribution in [3.63, 3.8) is 0 Å². The number of para-hydroxylation sites is 1. The maximum atomic E-state index is 12.8. The van der Waals surface area contributed by atoms with Crippen LogP contribution in [0.5, 0.6) is 0 Å². The highest BCUT2D eigenvalue weighted by Crippen LogP contribution is 2.16. The van der Waals surface area contributed by atoms with E-state index in [9.17, 15) is 19.2 Å². The summed E-state index contributed by atoms with van der Waals surface area (Å²) in [5.74, 6) is -1.12. The lowest BCUT2D eigenvalue weighted by molar-refractivity contribution is -0.116. The second-order valence-electron chi connectivity index (χ2n) is 6.27. The first-order valence-corrected chi connectivity index (χ1v) is 9.25. The van der Waals surface area contributed by atoms with Crippen LogP contribution in [0.25, 0.3) is 11.0 Å². The summed E-state index contributed by atoms with van der Waals surface area (Å²) in [5, 5.41) is 4.17. The summed E-state index contributed by atoms with van der Waals surface area (Å²) >= 11 is 1.03. The lowest BCUT2D eigenvalue weighted by Gasteiger charge is -2.14. The average Bonchev–Trinajstić information content (AvgIpc) is 3.15. The third-order valence-electron chi connectivity index (χ3n) is 4.12. The quantitative estimate of drug-likeness (QED) is 0.649. The number of fused-ring (bicyclic) bond motifs is 1. The molecule has 9 nitrogen and oxygen atoms in total. The van der Waals surface area contributed by atoms with E-state index in [0.29, 0.717) is 5.52 Å². The van der Waals surface area contributed by atoms with Crippen molar-refractivity contribution in [2.75, 3.05) is 12.4 Å². The second-order valence-corrected chi connectivity index (χ2v) is 6.90. The van der Waals surface area contributed by atoms with Crippen LogP contribution in [0.3, 0.4) is 0 Å². The molecule has 1 amide bonds. The zero-order valence-electron chi connectivity index (χ0n) is 15.5. The van der Waals surface area contributed by atoms with Gasteiger partial charge in [0.1, 0.15) is 6.54 Å². The fourth-order valence-electron chi connectivity index (χ4n) is 2.83. The number of carbonyl (C=O) groups excluding carboxylic acids is 2. The number of benzene rings is 1. The van der Waals surface area contributed by atoms with Gasteiger partial charge in [0, 0.05) is 11.4 Å². The number of carbonyl (C=O) groups is 2. The minimum Gasteiger partial charge on any atom is -0.465 e. The number of esters is 1. The first kappa shape index (κ1) is 19.5. The Morgan fingerprint density at radius 2 is 1.96 bits per heavy atom. The van der Waals surface area contributed by atoms with Crippen LogP contribution in [0.4, 0.5) is 5.69 Å². The minimum atomic E-state index is -0.593. The van der Waals surface area contributed by atoms with Gasteiger partial charge in [-0.1, -0.05) is 12.1 Å². The summed E-state index contributed by atoms with van der Waals surface area (Å²) in [5.41, 5.74) is -0.174. The highest BCUT2D eigenvalue weighted by molar-refractivity contribution is 7.04. The molecular formula is C18H18N4O5S. The smallest absolute Gasteiger partial charge is 0.339 e. The summed E-state index contributed by atoms with van der Waals surface area (Å²) in [6, 6.07) is 6.00. The third-order valence-corrected chi connectivity index (χ3v) is 4.74. The number of ether oxygens (including phenoxy) is 1. The molecule has 0 spiro atoms. The molecular weight excluding hydrogens is 384 g/mol. The Bertz CT molecular complexity index is 1170. The number of amides is 1. The molecule has 0 bridgehead atoms. The molecule has 28 heavy (non-hydrogen) atoms. The Labute approximate surface area is 163 Å². The summed E-state index contributed by atoms with van der Waals surface area (Å²) in [4.78, 5) is 49.7. The zero-order valence-corrected chi connectivity index (χ0v) is 16.3. The molecule has 0 atom stereocenters. The van der Waals surface area contributed by atoms with E-state index in [1.54, 1.807) is 37.4 Å². The van der Waals surface area contributed by atoms with Crippen LogP contribution in [0.2, 0.25) is 0 Å². The van der Waals surface area contributed by atoms with E-state index < -0.39 is 23.1 Å². The van der Waals surface area contributed by atoms with Crippen molar-refractivity contribution in [1.82, 2.24) is 13.5 Å². The number of anilines is 1. The van der Waals surface area contributed by atoms with Crippen LogP contribution in [0.1, 0.15) is 30.2 Å². The fourth-order valence-corrected chi connectivity index (χ4v) is 3.50. The van der Waals surface area contributed by atoms with Gasteiger partial charge in [-0.2, -0.15) is 4.37 Å². The van der Waals surface area contributed by atoms with Crippen LogP contribution in [0.15, 0.2) is 39.2 Å². The Morgan fingerprint density at radius 1 is 1.25 bits per heavy atom. The lowest BCUT2D eigenvalue weighted by atomic mass is 10.2. The highest BCUT2D eigenvalue weighted by Gasteiger charge is 2.20. The number of hydrogen-bond acceptors (Lipinski definition) is 7. The van der Waals surface area contributed by atoms with Gasteiger partial charge in [-0.15, -0.1) is 0 Å². The summed E-state index contributed by atoms with van der Waals surface area (Å²) < 4.78 is 11.0. The van der Waals surface area contributed by atoms with E-state index >= 15 is 0 Å². The Morgan fingerprint density at radius 3 is 2.64 bits per heavy atom. The molecule has 2 aromatic heterocycles. The van der Waals surface area contributed by atoms with E-state index in [-0.39, 0.29) is 29.4 Å². The molecule has 0 aliphatic heterocycles. The minimum absolute atomic E-state index is 0.140.